The van der Waals surface area contributed by atoms with Gasteiger partial charge in [0.2, 0.25) is 0 Å². The fourth-order valence-electron chi connectivity index (χ4n) is 10.4. The van der Waals surface area contributed by atoms with Crippen LogP contribution < -0.4 is 0 Å². The number of carbonyl (C=O) groups is 4. The van der Waals surface area contributed by atoms with E-state index in [1.165, 1.54) is 154 Å². The maximum atomic E-state index is 13.0. The highest BCUT2D eigenvalue weighted by atomic mass is 31.2. The quantitative estimate of drug-likeness (QED) is 0.0222. The van der Waals surface area contributed by atoms with Crippen LogP contribution in [0.15, 0.2) is 0 Å². The summed E-state index contributed by atoms with van der Waals surface area (Å²) in [6, 6.07) is 0. The van der Waals surface area contributed by atoms with Crippen LogP contribution in [-0.2, 0) is 65.4 Å². The van der Waals surface area contributed by atoms with E-state index in [-0.39, 0.29) is 25.7 Å². The van der Waals surface area contributed by atoms with Crippen LogP contribution in [0.1, 0.15) is 350 Å². The molecule has 19 heteroatoms. The minimum atomic E-state index is -4.95. The summed E-state index contributed by atoms with van der Waals surface area (Å²) in [6.07, 6.45) is 45.7. The van der Waals surface area contributed by atoms with E-state index < -0.39 is 97.5 Å². The minimum Gasteiger partial charge on any atom is -0.462 e. The van der Waals surface area contributed by atoms with Gasteiger partial charge in [-0.15, -0.1) is 0 Å². The maximum Gasteiger partial charge on any atom is 0.472 e. The van der Waals surface area contributed by atoms with Crippen LogP contribution >= 0.6 is 15.6 Å². The molecule has 522 valence electrons. The number of hydrogen-bond donors (Lipinski definition) is 3. The molecular weight excluding hydrogens is 1160 g/mol. The molecule has 3 unspecified atom stereocenters. The van der Waals surface area contributed by atoms with Crippen molar-refractivity contribution in [2.24, 2.45) is 11.8 Å². The Hall–Kier alpha value is -1.94. The molecule has 0 aliphatic carbocycles. The van der Waals surface area contributed by atoms with E-state index >= 15 is 0 Å². The third kappa shape index (κ3) is 61.6. The smallest absolute Gasteiger partial charge is 0.462 e. The lowest BCUT2D eigenvalue weighted by atomic mass is 9.99. The van der Waals surface area contributed by atoms with Gasteiger partial charge in [0.25, 0.3) is 0 Å². The Morgan fingerprint density at radius 3 is 0.864 bits per heavy atom. The van der Waals surface area contributed by atoms with Crippen LogP contribution in [0.3, 0.4) is 0 Å². The van der Waals surface area contributed by atoms with Gasteiger partial charge in [0, 0.05) is 25.7 Å². The molecule has 0 aromatic rings. The van der Waals surface area contributed by atoms with Gasteiger partial charge < -0.3 is 33.8 Å². The Labute approximate surface area is 537 Å². The van der Waals surface area contributed by atoms with Gasteiger partial charge in [0.15, 0.2) is 12.2 Å². The first-order valence-electron chi connectivity index (χ1n) is 36.0. The van der Waals surface area contributed by atoms with Crippen molar-refractivity contribution in [3.05, 3.63) is 0 Å². The van der Waals surface area contributed by atoms with Crippen LogP contribution in [0.25, 0.3) is 0 Å². The van der Waals surface area contributed by atoms with Gasteiger partial charge in [0.05, 0.1) is 26.4 Å². The van der Waals surface area contributed by atoms with Crippen LogP contribution in [0.2, 0.25) is 0 Å². The molecule has 0 rings (SSSR count). The van der Waals surface area contributed by atoms with Crippen molar-refractivity contribution < 1.29 is 80.2 Å². The molecule has 6 atom stereocenters. The molecule has 0 aromatic heterocycles. The lowest BCUT2D eigenvalue weighted by molar-refractivity contribution is -0.161. The second-order valence-electron chi connectivity index (χ2n) is 25.6. The largest absolute Gasteiger partial charge is 0.472 e. The van der Waals surface area contributed by atoms with Crippen LogP contribution in [-0.4, -0.2) is 96.7 Å². The number of ether oxygens (including phenoxy) is 4. The van der Waals surface area contributed by atoms with Gasteiger partial charge in [-0.05, 0) is 37.5 Å². The lowest BCUT2D eigenvalue weighted by Crippen LogP contribution is -2.30. The van der Waals surface area contributed by atoms with Gasteiger partial charge in [0.1, 0.15) is 19.3 Å². The number of hydrogen-bond acceptors (Lipinski definition) is 15. The molecule has 0 aliphatic heterocycles. The van der Waals surface area contributed by atoms with Crippen LogP contribution in [0.5, 0.6) is 0 Å². The molecule has 3 N–H and O–H groups in total. The summed E-state index contributed by atoms with van der Waals surface area (Å²) in [5.74, 6) is -0.542. The summed E-state index contributed by atoms with van der Waals surface area (Å²) in [5.41, 5.74) is 0. The second-order valence-corrected chi connectivity index (χ2v) is 28.5. The van der Waals surface area contributed by atoms with Gasteiger partial charge in [-0.1, -0.05) is 298 Å². The summed E-state index contributed by atoms with van der Waals surface area (Å²) in [5, 5.41) is 10.6. The van der Waals surface area contributed by atoms with E-state index in [1.807, 2.05) is 0 Å². The second kappa shape index (κ2) is 61.3. The first kappa shape index (κ1) is 86.1. The summed E-state index contributed by atoms with van der Waals surface area (Å²) in [7, 11) is -9.89. The molecule has 0 bridgehead atoms. The topological polar surface area (TPSA) is 237 Å². The molecule has 0 radical (unpaired) electrons. The SMILES string of the molecule is CCCCCCCCCCCCCCC(=O)O[C@H](COC(=O)CCCCCCCCC)COP(=O)(O)OC[C@H](O)COP(=O)(O)OC[C@@H](COC(=O)CCCCCCCCCCCCC(C)CC)OC(=O)CCCCCCCCCCCCCCC(C)C. The van der Waals surface area contributed by atoms with E-state index in [1.54, 1.807) is 0 Å². The van der Waals surface area contributed by atoms with E-state index in [4.69, 9.17) is 37.0 Å². The Kier molecular flexibility index (Phi) is 59.9. The third-order valence-electron chi connectivity index (χ3n) is 16.3. The zero-order valence-electron chi connectivity index (χ0n) is 57.0. The molecule has 0 amide bonds. The zero-order chi connectivity index (χ0) is 65.0. The summed E-state index contributed by atoms with van der Waals surface area (Å²) >= 11 is 0. The van der Waals surface area contributed by atoms with Gasteiger partial charge in [-0.25, -0.2) is 9.13 Å². The predicted octanol–water partition coefficient (Wildman–Crippen LogP) is 19.6. The molecule has 0 spiro atoms. The lowest BCUT2D eigenvalue weighted by Gasteiger charge is -2.21. The fourth-order valence-corrected chi connectivity index (χ4v) is 12.0. The molecule has 0 aromatic carbocycles. The van der Waals surface area contributed by atoms with E-state index in [0.717, 1.165) is 115 Å². The Morgan fingerprint density at radius 2 is 0.580 bits per heavy atom. The molecule has 0 fully saturated rings. The highest BCUT2D eigenvalue weighted by Crippen LogP contribution is 2.45. The van der Waals surface area contributed by atoms with Gasteiger partial charge in [-0.2, -0.15) is 0 Å². The molecule has 17 nitrogen and oxygen atoms in total. The van der Waals surface area contributed by atoms with Gasteiger partial charge in [-0.3, -0.25) is 37.3 Å². The van der Waals surface area contributed by atoms with Crippen molar-refractivity contribution in [3.63, 3.8) is 0 Å². The number of unbranched alkanes of at least 4 members (excludes halogenated alkanes) is 37. The summed E-state index contributed by atoms with van der Waals surface area (Å²) in [4.78, 5) is 72.4. The van der Waals surface area contributed by atoms with Crippen molar-refractivity contribution >= 4 is 39.5 Å². The number of phosphoric ester groups is 2. The highest BCUT2D eigenvalue weighted by molar-refractivity contribution is 7.47. The van der Waals surface area contributed by atoms with Crippen molar-refractivity contribution in [3.8, 4) is 0 Å². The highest BCUT2D eigenvalue weighted by Gasteiger charge is 2.30. The summed E-state index contributed by atoms with van der Waals surface area (Å²) < 4.78 is 68.2. The molecule has 0 heterocycles. The average molecular weight is 1300 g/mol. The molecular formula is C69H134O17P2. The molecule has 0 saturated carbocycles. The van der Waals surface area contributed by atoms with Crippen molar-refractivity contribution in [1.29, 1.82) is 0 Å². The van der Waals surface area contributed by atoms with E-state index in [2.05, 4.69) is 41.5 Å². The predicted molar refractivity (Wildman–Crippen MR) is 354 cm³/mol. The number of phosphoric acid groups is 2. The number of rotatable bonds is 68. The molecule has 0 aliphatic rings. The average Bonchev–Trinajstić information content (AvgIpc) is 3.58. The number of aliphatic hydroxyl groups is 1. The Bertz CT molecular complexity index is 1720. The zero-order valence-corrected chi connectivity index (χ0v) is 58.8. The normalized spacial score (nSPS) is 14.5. The van der Waals surface area contributed by atoms with Crippen LogP contribution in [0.4, 0.5) is 0 Å². The first-order chi connectivity index (χ1) is 42.4. The van der Waals surface area contributed by atoms with E-state index in [0.29, 0.717) is 25.7 Å². The summed E-state index contributed by atoms with van der Waals surface area (Å²) in [6.45, 7) is 9.54. The first-order valence-corrected chi connectivity index (χ1v) is 39.0. The number of aliphatic hydroxyl groups excluding tert-OH is 1. The minimum absolute atomic E-state index is 0.107. The van der Waals surface area contributed by atoms with E-state index in [9.17, 15) is 43.2 Å². The molecule has 0 saturated heterocycles. The third-order valence-corrected chi connectivity index (χ3v) is 18.2. The monoisotopic (exact) mass is 1300 g/mol. The number of carbonyl (C=O) groups excluding carboxylic acids is 4. The van der Waals surface area contributed by atoms with Crippen molar-refractivity contribution in [1.82, 2.24) is 0 Å². The molecule has 88 heavy (non-hydrogen) atoms. The fraction of sp³-hybridized carbons (Fsp3) is 0.942. The maximum absolute atomic E-state index is 13.0. The van der Waals surface area contributed by atoms with Crippen molar-refractivity contribution in [2.75, 3.05) is 39.6 Å². The van der Waals surface area contributed by atoms with Gasteiger partial charge >= 0.3 is 39.5 Å². The Morgan fingerprint density at radius 1 is 0.330 bits per heavy atom. The number of esters is 4. The van der Waals surface area contributed by atoms with Crippen LogP contribution in [0, 0.1) is 11.8 Å². The standard InChI is InChI=1S/C69H134O17P2/c1-7-10-12-14-16-17-18-22-29-35-41-47-53-68(73)85-64(57-79-66(71)51-45-39-31-15-13-11-8-2)59-83-87(75,76)81-55-63(70)56-82-88(77,78)84-60-65(58-80-67(72)52-46-40-34-28-25-24-27-33-38-44-50-62(6)9-3)86-69(74)54-48-42-36-30-23-20-19-21-26-32-37-43-49-61(4)5/h61-65,70H,7-60H2,1-6H3,(H,75,76)(H,77,78)/t62?,63-,64+,65+/m0/s1. The Balaban J connectivity index is 5.22. The van der Waals surface area contributed by atoms with Crippen molar-refractivity contribution in [2.45, 2.75) is 368 Å².